The number of amides is 1. The third-order valence-corrected chi connectivity index (χ3v) is 4.18. The average Bonchev–Trinajstić information content (AvgIpc) is 3.22. The first-order chi connectivity index (χ1) is 14.8. The summed E-state index contributed by atoms with van der Waals surface area (Å²) in [6, 6.07) is 16.1. The molecule has 1 N–H and O–H groups in total. The molecule has 0 unspecified atom stereocenters. The number of carbonyl (C=O) groups excluding carboxylic acids is 1. The second-order valence-corrected chi connectivity index (χ2v) is 6.36. The Kier molecular flexibility index (Phi) is 6.46. The van der Waals surface area contributed by atoms with E-state index in [1.54, 1.807) is 30.3 Å². The Hall–Kier alpha value is -3.99. The van der Waals surface area contributed by atoms with Crippen LogP contribution < -0.4 is 10.1 Å². The smallest absolute Gasteiger partial charge is 0.416 e. The fourth-order valence-electron chi connectivity index (χ4n) is 2.72. The number of carbonyl (C=O) groups is 1. The van der Waals surface area contributed by atoms with Gasteiger partial charge in [0.2, 0.25) is 0 Å². The molecule has 0 fully saturated rings. The average molecular weight is 426 g/mol. The zero-order valence-corrected chi connectivity index (χ0v) is 16.4. The van der Waals surface area contributed by atoms with Crippen molar-refractivity contribution in [3.8, 4) is 23.1 Å². The highest BCUT2D eigenvalue weighted by atomic mass is 19.4. The third kappa shape index (κ3) is 5.54. The van der Waals surface area contributed by atoms with Crippen LogP contribution in [0.25, 0.3) is 17.4 Å². The zero-order valence-electron chi connectivity index (χ0n) is 16.4. The molecule has 1 heterocycles. The van der Waals surface area contributed by atoms with Crippen molar-refractivity contribution in [3.63, 3.8) is 0 Å². The summed E-state index contributed by atoms with van der Waals surface area (Å²) in [6.45, 7) is 2.37. The number of hydrogen-bond acceptors (Lipinski definition) is 4. The van der Waals surface area contributed by atoms with Gasteiger partial charge >= 0.3 is 6.18 Å². The molecule has 1 aromatic heterocycles. The van der Waals surface area contributed by atoms with Crippen molar-refractivity contribution in [3.05, 3.63) is 77.6 Å². The molecule has 3 aromatic rings. The summed E-state index contributed by atoms with van der Waals surface area (Å²) in [5.41, 5.74) is -0.324. The van der Waals surface area contributed by atoms with Crippen LogP contribution in [0.1, 0.15) is 18.2 Å². The van der Waals surface area contributed by atoms with Crippen molar-refractivity contribution in [2.24, 2.45) is 0 Å². The number of alkyl halides is 3. The van der Waals surface area contributed by atoms with Gasteiger partial charge in [-0.3, -0.25) is 4.79 Å². The van der Waals surface area contributed by atoms with Crippen LogP contribution in [0, 0.1) is 11.3 Å². The first-order valence-corrected chi connectivity index (χ1v) is 9.23. The fraction of sp³-hybridized carbons (Fsp3) is 0.130. The fourth-order valence-corrected chi connectivity index (χ4v) is 2.72. The molecule has 158 valence electrons. The molecule has 0 spiro atoms. The Morgan fingerprint density at radius 3 is 2.55 bits per heavy atom. The molecule has 0 aliphatic heterocycles. The molecule has 5 nitrogen and oxygen atoms in total. The largest absolute Gasteiger partial charge is 0.494 e. The van der Waals surface area contributed by atoms with E-state index in [2.05, 4.69) is 5.32 Å². The number of nitrogens with one attached hydrogen (secondary N) is 1. The zero-order chi connectivity index (χ0) is 22.4. The van der Waals surface area contributed by atoms with E-state index in [0.717, 1.165) is 12.1 Å². The quantitative estimate of drug-likeness (QED) is 0.393. The van der Waals surface area contributed by atoms with Gasteiger partial charge in [-0.25, -0.2) is 0 Å². The van der Waals surface area contributed by atoms with E-state index >= 15 is 0 Å². The second-order valence-electron chi connectivity index (χ2n) is 6.36. The third-order valence-electron chi connectivity index (χ3n) is 4.18. The van der Waals surface area contributed by atoms with Crippen molar-refractivity contribution in [2.75, 3.05) is 11.9 Å². The van der Waals surface area contributed by atoms with Crippen molar-refractivity contribution in [1.82, 2.24) is 0 Å². The summed E-state index contributed by atoms with van der Waals surface area (Å²) in [4.78, 5) is 12.4. The number of anilines is 1. The number of halogens is 3. The molecule has 31 heavy (non-hydrogen) atoms. The summed E-state index contributed by atoms with van der Waals surface area (Å²) < 4.78 is 49.6. The first-order valence-electron chi connectivity index (χ1n) is 9.23. The van der Waals surface area contributed by atoms with Gasteiger partial charge in [-0.05, 0) is 55.5 Å². The molecule has 0 radical (unpaired) electrons. The Morgan fingerprint density at radius 2 is 1.90 bits per heavy atom. The molecule has 2 aromatic carbocycles. The normalized spacial score (nSPS) is 11.6. The number of furan rings is 1. The molecule has 0 atom stereocenters. The number of nitrogens with zero attached hydrogens (tertiary/aromatic N) is 1. The van der Waals surface area contributed by atoms with Crippen LogP contribution in [-0.2, 0) is 11.0 Å². The summed E-state index contributed by atoms with van der Waals surface area (Å²) in [5, 5.41) is 11.9. The molecule has 8 heteroatoms. The van der Waals surface area contributed by atoms with E-state index in [0.29, 0.717) is 18.0 Å². The van der Waals surface area contributed by atoms with E-state index in [1.165, 1.54) is 30.3 Å². The Morgan fingerprint density at radius 1 is 1.16 bits per heavy atom. The molecule has 3 rings (SSSR count). The van der Waals surface area contributed by atoms with Gasteiger partial charge in [-0.15, -0.1) is 0 Å². The van der Waals surface area contributed by atoms with Gasteiger partial charge in [-0.1, -0.05) is 12.1 Å². The lowest BCUT2D eigenvalue weighted by Gasteiger charge is -2.07. The molecule has 0 aliphatic carbocycles. The maximum atomic E-state index is 12.9. The van der Waals surface area contributed by atoms with Crippen LogP contribution in [0.3, 0.4) is 0 Å². The lowest BCUT2D eigenvalue weighted by atomic mass is 10.1. The van der Waals surface area contributed by atoms with Crippen molar-refractivity contribution in [2.45, 2.75) is 13.1 Å². The van der Waals surface area contributed by atoms with Crippen LogP contribution in [0.2, 0.25) is 0 Å². The van der Waals surface area contributed by atoms with Crippen LogP contribution in [0.4, 0.5) is 18.9 Å². The highest BCUT2D eigenvalue weighted by Gasteiger charge is 2.30. The number of benzene rings is 2. The lowest BCUT2D eigenvalue weighted by molar-refractivity contribution is -0.137. The molecule has 0 aliphatic rings. The van der Waals surface area contributed by atoms with Gasteiger partial charge in [0.25, 0.3) is 5.91 Å². The van der Waals surface area contributed by atoms with Crippen LogP contribution in [0.5, 0.6) is 5.75 Å². The van der Waals surface area contributed by atoms with Crippen LogP contribution >= 0.6 is 0 Å². The summed E-state index contributed by atoms with van der Waals surface area (Å²) in [5.74, 6) is 0.338. The molecule has 0 saturated heterocycles. The number of hydrogen-bond donors (Lipinski definition) is 1. The van der Waals surface area contributed by atoms with Gasteiger partial charge in [0.15, 0.2) is 0 Å². The second kappa shape index (κ2) is 9.22. The predicted octanol–water partition coefficient (Wildman–Crippen LogP) is 5.91. The molecule has 1 amide bonds. The van der Waals surface area contributed by atoms with Crippen molar-refractivity contribution < 1.29 is 27.1 Å². The number of ether oxygens (including phenoxy) is 1. The minimum atomic E-state index is -4.47. The summed E-state index contributed by atoms with van der Waals surface area (Å²) in [6.07, 6.45) is -3.25. The molecule has 0 bridgehead atoms. The van der Waals surface area contributed by atoms with Gasteiger partial charge in [0.1, 0.15) is 28.9 Å². The number of nitriles is 1. The standard InChI is InChI=1S/C23H17F3N2O3/c1-2-30-19-8-6-18(7-9-19)28-22(29)16(14-27)13-20-10-11-21(31-20)15-4-3-5-17(12-15)23(24,25)26/h3-13H,2H2,1H3,(H,28,29)/b16-13-. The monoisotopic (exact) mass is 426 g/mol. The molecule has 0 saturated carbocycles. The first kappa shape index (κ1) is 21.7. The Labute approximate surface area is 176 Å². The van der Waals surface area contributed by atoms with Crippen LogP contribution in [0.15, 0.2) is 70.7 Å². The van der Waals surface area contributed by atoms with E-state index in [4.69, 9.17) is 9.15 Å². The SMILES string of the molecule is CCOc1ccc(NC(=O)/C(C#N)=C\c2ccc(-c3cccc(C(F)(F)F)c3)o2)cc1. The maximum Gasteiger partial charge on any atom is 0.416 e. The summed E-state index contributed by atoms with van der Waals surface area (Å²) in [7, 11) is 0. The van der Waals surface area contributed by atoms with E-state index in [-0.39, 0.29) is 22.7 Å². The minimum Gasteiger partial charge on any atom is -0.494 e. The van der Waals surface area contributed by atoms with E-state index in [1.807, 2.05) is 6.92 Å². The highest BCUT2D eigenvalue weighted by Crippen LogP contribution is 2.33. The predicted molar refractivity (Wildman–Crippen MR) is 109 cm³/mol. The maximum absolute atomic E-state index is 12.9. The Bertz CT molecular complexity index is 1140. The highest BCUT2D eigenvalue weighted by molar-refractivity contribution is 6.09. The minimum absolute atomic E-state index is 0.158. The van der Waals surface area contributed by atoms with Gasteiger partial charge in [0.05, 0.1) is 12.2 Å². The van der Waals surface area contributed by atoms with E-state index < -0.39 is 17.6 Å². The van der Waals surface area contributed by atoms with Gasteiger partial charge < -0.3 is 14.5 Å². The lowest BCUT2D eigenvalue weighted by Crippen LogP contribution is -2.13. The van der Waals surface area contributed by atoms with Crippen molar-refractivity contribution in [1.29, 1.82) is 5.26 Å². The summed E-state index contributed by atoms with van der Waals surface area (Å²) >= 11 is 0. The Balaban J connectivity index is 1.77. The van der Waals surface area contributed by atoms with E-state index in [9.17, 15) is 23.2 Å². The van der Waals surface area contributed by atoms with Gasteiger partial charge in [-0.2, -0.15) is 18.4 Å². The molecular formula is C23H17F3N2O3. The van der Waals surface area contributed by atoms with Gasteiger partial charge in [0, 0.05) is 17.3 Å². The van der Waals surface area contributed by atoms with Crippen LogP contribution in [-0.4, -0.2) is 12.5 Å². The number of rotatable bonds is 6. The molecular weight excluding hydrogens is 409 g/mol. The topological polar surface area (TPSA) is 75.3 Å². The van der Waals surface area contributed by atoms with Crippen molar-refractivity contribution >= 4 is 17.7 Å².